The highest BCUT2D eigenvalue weighted by Crippen LogP contribution is 2.32. The molecule has 0 saturated carbocycles. The van der Waals surface area contributed by atoms with Gasteiger partial charge in [-0.15, -0.1) is 0 Å². The number of carboxylic acid groups (broad SMARTS) is 1. The highest BCUT2D eigenvalue weighted by molar-refractivity contribution is 5.99. The van der Waals surface area contributed by atoms with E-state index < -0.39 is 23.0 Å². The Bertz CT molecular complexity index is 294. The molecule has 0 fully saturated rings. The Labute approximate surface area is 110 Å². The van der Waals surface area contributed by atoms with E-state index in [2.05, 4.69) is 0 Å². The summed E-state index contributed by atoms with van der Waals surface area (Å²) in [4.78, 5) is 23.6. The van der Waals surface area contributed by atoms with E-state index in [1.807, 2.05) is 20.8 Å². The van der Waals surface area contributed by atoms with Crippen LogP contribution in [-0.2, 0) is 14.3 Å². The van der Waals surface area contributed by atoms with Gasteiger partial charge in [-0.1, -0.05) is 34.1 Å². The molecule has 0 aromatic heterocycles. The van der Waals surface area contributed by atoms with Crippen LogP contribution in [0.25, 0.3) is 0 Å². The molecule has 0 radical (unpaired) electrons. The molecule has 106 valence electrons. The van der Waals surface area contributed by atoms with Gasteiger partial charge in [0.25, 0.3) is 0 Å². The monoisotopic (exact) mass is 258 g/mol. The smallest absolute Gasteiger partial charge is 0.323 e. The molecule has 4 heteroatoms. The maximum absolute atomic E-state index is 12.2. The normalized spacial score (nSPS) is 14.9. The molecule has 18 heavy (non-hydrogen) atoms. The molecule has 0 aliphatic heterocycles. The predicted octanol–water partition coefficient (Wildman–Crippen LogP) is 3.39. The fourth-order valence-electron chi connectivity index (χ4n) is 2.08. The number of rotatable bonds is 8. The van der Waals surface area contributed by atoms with Crippen molar-refractivity contribution in [1.82, 2.24) is 0 Å². The van der Waals surface area contributed by atoms with Crippen molar-refractivity contribution < 1.29 is 19.4 Å². The van der Waals surface area contributed by atoms with E-state index >= 15 is 0 Å². The molecule has 0 rings (SSSR count). The second-order valence-corrected chi connectivity index (χ2v) is 5.04. The van der Waals surface area contributed by atoms with Crippen LogP contribution < -0.4 is 0 Å². The Morgan fingerprint density at radius 1 is 1.06 bits per heavy atom. The number of ether oxygens (including phenoxy) is 1. The van der Waals surface area contributed by atoms with E-state index in [4.69, 9.17) is 4.74 Å². The molecule has 0 aromatic carbocycles. The molecular weight excluding hydrogens is 232 g/mol. The zero-order valence-electron chi connectivity index (χ0n) is 12.2. The third-order valence-corrected chi connectivity index (χ3v) is 3.87. The number of hydrogen-bond donors (Lipinski definition) is 1. The second-order valence-electron chi connectivity index (χ2n) is 5.04. The third-order valence-electron chi connectivity index (χ3n) is 3.87. The van der Waals surface area contributed by atoms with Crippen molar-refractivity contribution in [2.45, 2.75) is 72.3 Å². The van der Waals surface area contributed by atoms with Gasteiger partial charge in [0.05, 0.1) is 0 Å². The van der Waals surface area contributed by atoms with Crippen LogP contribution in [0.5, 0.6) is 0 Å². The molecule has 0 heterocycles. The van der Waals surface area contributed by atoms with Gasteiger partial charge in [0.15, 0.2) is 5.41 Å². The lowest BCUT2D eigenvalue weighted by atomic mass is 9.82. The third kappa shape index (κ3) is 3.47. The molecule has 1 atom stereocenters. The van der Waals surface area contributed by atoms with Gasteiger partial charge in [0.2, 0.25) is 0 Å². The average Bonchev–Trinajstić information content (AvgIpc) is 2.31. The Kier molecular flexibility index (Phi) is 6.36. The van der Waals surface area contributed by atoms with E-state index in [0.717, 1.165) is 12.8 Å². The lowest BCUT2D eigenvalue weighted by Gasteiger charge is -2.33. The van der Waals surface area contributed by atoms with Crippen molar-refractivity contribution in [3.8, 4) is 0 Å². The average molecular weight is 258 g/mol. The molecule has 1 N–H and O–H groups in total. The zero-order chi connectivity index (χ0) is 14.4. The maximum Gasteiger partial charge on any atom is 0.323 e. The summed E-state index contributed by atoms with van der Waals surface area (Å²) >= 11 is 0. The Morgan fingerprint density at radius 3 is 1.83 bits per heavy atom. The number of hydrogen-bond acceptors (Lipinski definition) is 3. The molecule has 4 nitrogen and oxygen atoms in total. The molecule has 0 bridgehead atoms. The lowest BCUT2D eigenvalue weighted by Crippen LogP contribution is -2.44. The van der Waals surface area contributed by atoms with Crippen LogP contribution in [0.1, 0.15) is 66.7 Å². The van der Waals surface area contributed by atoms with E-state index in [0.29, 0.717) is 6.42 Å². The van der Waals surface area contributed by atoms with Gasteiger partial charge in [0, 0.05) is 0 Å². The quantitative estimate of drug-likeness (QED) is 0.535. The summed E-state index contributed by atoms with van der Waals surface area (Å²) in [5.41, 5.74) is -1.96. The summed E-state index contributed by atoms with van der Waals surface area (Å²) in [5, 5.41) is 9.29. The first kappa shape index (κ1) is 16.9. The fourth-order valence-corrected chi connectivity index (χ4v) is 2.08. The van der Waals surface area contributed by atoms with Crippen LogP contribution in [0.4, 0.5) is 0 Å². The van der Waals surface area contributed by atoms with Crippen LogP contribution in [0, 0.1) is 5.41 Å². The molecular formula is C14H26O4. The minimum atomic E-state index is -1.40. The van der Waals surface area contributed by atoms with Crippen molar-refractivity contribution >= 4 is 11.9 Å². The van der Waals surface area contributed by atoms with Crippen LogP contribution >= 0.6 is 0 Å². The first-order chi connectivity index (χ1) is 8.31. The first-order valence-electron chi connectivity index (χ1n) is 6.78. The van der Waals surface area contributed by atoms with E-state index in [9.17, 15) is 14.7 Å². The largest absolute Gasteiger partial charge is 0.480 e. The summed E-state index contributed by atoms with van der Waals surface area (Å²) < 4.78 is 5.52. The predicted molar refractivity (Wildman–Crippen MR) is 70.3 cm³/mol. The number of carbonyl (C=O) groups excluding carboxylic acids is 1. The van der Waals surface area contributed by atoms with Gasteiger partial charge in [-0.2, -0.15) is 0 Å². The summed E-state index contributed by atoms with van der Waals surface area (Å²) in [5.74, 6) is -1.69. The Hall–Kier alpha value is -1.06. The van der Waals surface area contributed by atoms with Crippen molar-refractivity contribution in [2.24, 2.45) is 5.41 Å². The molecule has 1 unspecified atom stereocenters. The topological polar surface area (TPSA) is 63.6 Å². The molecule has 0 saturated heterocycles. The van der Waals surface area contributed by atoms with Gasteiger partial charge in [-0.25, -0.2) is 0 Å². The Balaban J connectivity index is 5.07. The number of carbonyl (C=O) groups is 2. The summed E-state index contributed by atoms with van der Waals surface area (Å²) in [7, 11) is 0. The van der Waals surface area contributed by atoms with E-state index in [1.165, 1.54) is 0 Å². The molecule has 0 aromatic rings. The minimum Gasteiger partial charge on any atom is -0.480 e. The minimum absolute atomic E-state index is 0.254. The second kappa shape index (κ2) is 6.76. The molecule has 0 aliphatic rings. The first-order valence-corrected chi connectivity index (χ1v) is 6.78. The van der Waals surface area contributed by atoms with Gasteiger partial charge in [0.1, 0.15) is 5.60 Å². The van der Waals surface area contributed by atoms with Crippen LogP contribution in [0.15, 0.2) is 0 Å². The zero-order valence-corrected chi connectivity index (χ0v) is 12.2. The number of esters is 1. The van der Waals surface area contributed by atoms with Crippen LogP contribution in [0.3, 0.4) is 0 Å². The SMILES string of the molecule is CCCC(C)(CC)OC(=O)C(CC)(CC)C(=O)O. The summed E-state index contributed by atoms with van der Waals surface area (Å²) in [6.07, 6.45) is 2.84. The van der Waals surface area contributed by atoms with Crippen molar-refractivity contribution in [3.63, 3.8) is 0 Å². The van der Waals surface area contributed by atoms with Gasteiger partial charge in [-0.3, -0.25) is 9.59 Å². The van der Waals surface area contributed by atoms with Crippen molar-refractivity contribution in [2.75, 3.05) is 0 Å². The molecule has 0 aliphatic carbocycles. The molecule has 0 spiro atoms. The Morgan fingerprint density at radius 2 is 1.56 bits per heavy atom. The summed E-state index contributed by atoms with van der Waals surface area (Å²) in [6, 6.07) is 0. The highest BCUT2D eigenvalue weighted by Gasteiger charge is 2.46. The van der Waals surface area contributed by atoms with Gasteiger partial charge < -0.3 is 9.84 Å². The van der Waals surface area contributed by atoms with E-state index in [1.54, 1.807) is 13.8 Å². The van der Waals surface area contributed by atoms with Gasteiger partial charge >= 0.3 is 11.9 Å². The van der Waals surface area contributed by atoms with Crippen LogP contribution in [0.2, 0.25) is 0 Å². The number of carboxylic acids is 1. The van der Waals surface area contributed by atoms with Gasteiger partial charge in [-0.05, 0) is 32.6 Å². The van der Waals surface area contributed by atoms with Crippen molar-refractivity contribution in [3.05, 3.63) is 0 Å². The maximum atomic E-state index is 12.2. The number of aliphatic carboxylic acids is 1. The molecule has 0 amide bonds. The fraction of sp³-hybridized carbons (Fsp3) is 0.857. The standard InChI is InChI=1S/C14H26O4/c1-6-10-13(5,7-2)18-12(17)14(8-3,9-4)11(15)16/h6-10H2,1-5H3,(H,15,16). The van der Waals surface area contributed by atoms with Crippen molar-refractivity contribution in [1.29, 1.82) is 0 Å². The van der Waals surface area contributed by atoms with E-state index in [-0.39, 0.29) is 12.8 Å². The van der Waals surface area contributed by atoms with Crippen LogP contribution in [-0.4, -0.2) is 22.6 Å². The lowest BCUT2D eigenvalue weighted by molar-refractivity contribution is -0.180. The summed E-state index contributed by atoms with van der Waals surface area (Å²) in [6.45, 7) is 9.26. The highest BCUT2D eigenvalue weighted by atomic mass is 16.6.